The number of carbonyl (C=O) groups is 1. The molecule has 0 saturated carbocycles. The summed E-state index contributed by atoms with van der Waals surface area (Å²) in [6, 6.07) is 6.40. The van der Waals surface area contributed by atoms with E-state index in [1.807, 2.05) is 6.92 Å². The Morgan fingerprint density at radius 3 is 2.72 bits per heavy atom. The summed E-state index contributed by atoms with van der Waals surface area (Å²) in [6.07, 6.45) is 2.10. The van der Waals surface area contributed by atoms with Crippen LogP contribution in [0.15, 0.2) is 35.9 Å². The Hall–Kier alpha value is -1.68. The molecule has 0 saturated heterocycles. The first-order valence-electron chi connectivity index (χ1n) is 5.96. The van der Waals surface area contributed by atoms with Crippen LogP contribution in [0.1, 0.15) is 31.9 Å². The summed E-state index contributed by atoms with van der Waals surface area (Å²) < 4.78 is 13.5. The van der Waals surface area contributed by atoms with Crippen LogP contribution in [-0.2, 0) is 4.79 Å². The average Bonchev–Trinajstić information content (AvgIpc) is 2.34. The second-order valence-corrected chi connectivity index (χ2v) is 4.04. The molecule has 0 fully saturated rings. The highest BCUT2D eigenvalue weighted by Crippen LogP contribution is 2.15. The SMILES string of the molecule is CC/C(=C/CN[C@H](C)c1ccccc1F)C(=O)O. The number of benzene rings is 1. The van der Waals surface area contributed by atoms with Crippen LogP contribution in [0.25, 0.3) is 0 Å². The Morgan fingerprint density at radius 1 is 1.50 bits per heavy atom. The summed E-state index contributed by atoms with van der Waals surface area (Å²) in [4.78, 5) is 10.8. The summed E-state index contributed by atoms with van der Waals surface area (Å²) >= 11 is 0. The van der Waals surface area contributed by atoms with Crippen LogP contribution in [-0.4, -0.2) is 17.6 Å². The number of nitrogens with one attached hydrogen (secondary N) is 1. The van der Waals surface area contributed by atoms with E-state index in [1.165, 1.54) is 6.07 Å². The molecular formula is C14H18FNO2. The minimum Gasteiger partial charge on any atom is -0.478 e. The van der Waals surface area contributed by atoms with E-state index in [4.69, 9.17) is 5.11 Å². The molecule has 0 radical (unpaired) electrons. The van der Waals surface area contributed by atoms with Gasteiger partial charge < -0.3 is 10.4 Å². The van der Waals surface area contributed by atoms with Gasteiger partial charge in [-0.25, -0.2) is 9.18 Å². The molecule has 4 heteroatoms. The molecule has 0 heterocycles. The molecule has 0 aliphatic carbocycles. The van der Waals surface area contributed by atoms with Gasteiger partial charge in [0.1, 0.15) is 5.82 Å². The Labute approximate surface area is 106 Å². The van der Waals surface area contributed by atoms with E-state index >= 15 is 0 Å². The maximum absolute atomic E-state index is 13.5. The zero-order valence-electron chi connectivity index (χ0n) is 10.6. The monoisotopic (exact) mass is 251 g/mol. The van der Waals surface area contributed by atoms with Gasteiger partial charge in [0.05, 0.1) is 0 Å². The Balaban J connectivity index is 2.59. The largest absolute Gasteiger partial charge is 0.478 e. The van der Waals surface area contributed by atoms with Gasteiger partial charge in [0.15, 0.2) is 0 Å². The van der Waals surface area contributed by atoms with Crippen molar-refractivity contribution in [3.63, 3.8) is 0 Å². The fourth-order valence-corrected chi connectivity index (χ4v) is 1.68. The molecule has 1 atom stereocenters. The summed E-state index contributed by atoms with van der Waals surface area (Å²) in [5.41, 5.74) is 0.947. The quantitative estimate of drug-likeness (QED) is 0.764. The van der Waals surface area contributed by atoms with E-state index in [1.54, 1.807) is 31.2 Å². The van der Waals surface area contributed by atoms with Gasteiger partial charge in [0.2, 0.25) is 0 Å². The lowest BCUT2D eigenvalue weighted by atomic mass is 10.1. The molecule has 98 valence electrons. The molecule has 0 amide bonds. The minimum absolute atomic E-state index is 0.158. The molecule has 0 unspecified atom stereocenters. The van der Waals surface area contributed by atoms with Gasteiger partial charge in [-0.1, -0.05) is 31.2 Å². The molecule has 0 aromatic heterocycles. The van der Waals surface area contributed by atoms with Gasteiger partial charge in [-0.15, -0.1) is 0 Å². The zero-order chi connectivity index (χ0) is 13.5. The maximum atomic E-state index is 13.5. The topological polar surface area (TPSA) is 49.3 Å². The van der Waals surface area contributed by atoms with Gasteiger partial charge >= 0.3 is 5.97 Å². The molecule has 18 heavy (non-hydrogen) atoms. The molecule has 1 aromatic carbocycles. The summed E-state index contributed by atoms with van der Waals surface area (Å²) in [7, 11) is 0. The number of halogens is 1. The first-order valence-corrected chi connectivity index (χ1v) is 5.96. The molecule has 0 aliphatic rings. The van der Waals surface area contributed by atoms with Crippen molar-refractivity contribution in [1.29, 1.82) is 0 Å². The molecule has 0 bridgehead atoms. The highest BCUT2D eigenvalue weighted by Gasteiger charge is 2.09. The molecule has 0 aliphatic heterocycles. The highest BCUT2D eigenvalue weighted by molar-refractivity contribution is 5.86. The van der Waals surface area contributed by atoms with Crippen LogP contribution >= 0.6 is 0 Å². The Morgan fingerprint density at radius 2 is 2.17 bits per heavy atom. The maximum Gasteiger partial charge on any atom is 0.331 e. The molecule has 2 N–H and O–H groups in total. The van der Waals surface area contributed by atoms with Crippen molar-refractivity contribution in [3.8, 4) is 0 Å². The number of carboxylic acids is 1. The standard InChI is InChI=1S/C14H18FNO2/c1-3-11(14(17)18)8-9-16-10(2)12-6-4-5-7-13(12)15/h4-8,10,16H,3,9H2,1-2H3,(H,17,18)/b11-8-/t10-/m1/s1. The number of carboxylic acid groups (broad SMARTS) is 1. The third-order valence-corrected chi connectivity index (χ3v) is 2.80. The Kier molecular flexibility index (Phi) is 5.52. The lowest BCUT2D eigenvalue weighted by Gasteiger charge is -2.13. The fraction of sp³-hybridized carbons (Fsp3) is 0.357. The van der Waals surface area contributed by atoms with Crippen LogP contribution in [0.2, 0.25) is 0 Å². The zero-order valence-corrected chi connectivity index (χ0v) is 10.6. The van der Waals surface area contributed by atoms with E-state index in [2.05, 4.69) is 5.32 Å². The van der Waals surface area contributed by atoms with Crippen molar-refractivity contribution < 1.29 is 14.3 Å². The van der Waals surface area contributed by atoms with Crippen molar-refractivity contribution in [3.05, 3.63) is 47.3 Å². The number of hydrogen-bond acceptors (Lipinski definition) is 2. The van der Waals surface area contributed by atoms with Crippen molar-refractivity contribution in [2.75, 3.05) is 6.54 Å². The van der Waals surface area contributed by atoms with Crippen LogP contribution in [0.3, 0.4) is 0 Å². The third kappa shape index (κ3) is 3.96. The predicted octanol–water partition coefficient (Wildman–Crippen LogP) is 2.90. The normalized spacial score (nSPS) is 13.4. The van der Waals surface area contributed by atoms with E-state index in [-0.39, 0.29) is 11.9 Å². The van der Waals surface area contributed by atoms with Crippen molar-refractivity contribution in [2.45, 2.75) is 26.3 Å². The fourth-order valence-electron chi connectivity index (χ4n) is 1.68. The summed E-state index contributed by atoms with van der Waals surface area (Å²) in [5, 5.41) is 11.9. The van der Waals surface area contributed by atoms with E-state index in [0.29, 0.717) is 24.1 Å². The first-order chi connectivity index (χ1) is 8.56. The summed E-state index contributed by atoms with van der Waals surface area (Å²) in [6.45, 7) is 4.05. The predicted molar refractivity (Wildman–Crippen MR) is 68.8 cm³/mol. The number of aliphatic carboxylic acids is 1. The van der Waals surface area contributed by atoms with E-state index in [9.17, 15) is 9.18 Å². The number of hydrogen-bond donors (Lipinski definition) is 2. The van der Waals surface area contributed by atoms with Crippen molar-refractivity contribution >= 4 is 5.97 Å². The number of rotatable bonds is 6. The van der Waals surface area contributed by atoms with Crippen LogP contribution < -0.4 is 5.32 Å². The third-order valence-electron chi connectivity index (χ3n) is 2.80. The lowest BCUT2D eigenvalue weighted by molar-refractivity contribution is -0.132. The molecule has 0 spiro atoms. The molecule has 3 nitrogen and oxygen atoms in total. The molecular weight excluding hydrogens is 233 g/mol. The Bertz CT molecular complexity index is 443. The minimum atomic E-state index is -0.905. The van der Waals surface area contributed by atoms with Crippen molar-refractivity contribution in [2.24, 2.45) is 0 Å². The molecule has 1 rings (SSSR count). The molecule has 1 aromatic rings. The van der Waals surface area contributed by atoms with Crippen LogP contribution in [0.4, 0.5) is 4.39 Å². The van der Waals surface area contributed by atoms with Crippen LogP contribution in [0, 0.1) is 5.82 Å². The van der Waals surface area contributed by atoms with E-state index in [0.717, 1.165) is 0 Å². The van der Waals surface area contributed by atoms with Gasteiger partial charge in [-0.05, 0) is 19.4 Å². The summed E-state index contributed by atoms with van der Waals surface area (Å²) in [5.74, 6) is -1.16. The van der Waals surface area contributed by atoms with Crippen LogP contribution in [0.5, 0.6) is 0 Å². The smallest absolute Gasteiger partial charge is 0.331 e. The second kappa shape index (κ2) is 6.91. The highest BCUT2D eigenvalue weighted by atomic mass is 19.1. The lowest BCUT2D eigenvalue weighted by Crippen LogP contribution is -2.20. The van der Waals surface area contributed by atoms with Gasteiger partial charge in [-0.3, -0.25) is 0 Å². The van der Waals surface area contributed by atoms with Gasteiger partial charge in [-0.2, -0.15) is 0 Å². The van der Waals surface area contributed by atoms with E-state index < -0.39 is 5.97 Å². The van der Waals surface area contributed by atoms with Crippen molar-refractivity contribution in [1.82, 2.24) is 5.32 Å². The van der Waals surface area contributed by atoms with Gasteiger partial charge in [0, 0.05) is 23.7 Å². The second-order valence-electron chi connectivity index (χ2n) is 4.04. The average molecular weight is 251 g/mol. The van der Waals surface area contributed by atoms with Gasteiger partial charge in [0.25, 0.3) is 0 Å². The first kappa shape index (κ1) is 14.4.